The summed E-state index contributed by atoms with van der Waals surface area (Å²) in [6.45, 7) is 53.9. The predicted molar refractivity (Wildman–Crippen MR) is 510 cm³/mol. The first-order chi connectivity index (χ1) is 58.9. The molecule has 0 aliphatic heterocycles. The Morgan fingerprint density at radius 3 is 1.13 bits per heavy atom. The molecular formula is C95H148N12O15S4. The van der Waals surface area contributed by atoms with Gasteiger partial charge in [0.1, 0.15) is 22.8 Å². The van der Waals surface area contributed by atoms with E-state index in [0.717, 1.165) is 125 Å². The number of nitrogens with zero attached hydrogens (tertiary/aromatic N) is 4. The Labute approximate surface area is 754 Å². The number of carbonyl (C=O) groups is 7. The number of rotatable bonds is 37. The molecule has 27 nitrogen and oxygen atoms in total. The highest BCUT2D eigenvalue weighted by atomic mass is 32.2. The molecule has 10 amide bonds. The maximum Gasteiger partial charge on any atom is 0.328 e. The topological polar surface area (TPSA) is 386 Å². The molecule has 7 aromatic rings. The molecule has 0 bridgehead atoms. The van der Waals surface area contributed by atoms with E-state index in [2.05, 4.69) is 148 Å². The van der Waals surface area contributed by atoms with Crippen LogP contribution in [0.4, 0.5) is 14.4 Å². The Balaban J connectivity index is 0.000000780. The third-order valence-electron chi connectivity index (χ3n) is 18.7. The zero-order valence-corrected chi connectivity index (χ0v) is 82.4. The van der Waals surface area contributed by atoms with Crippen LogP contribution in [-0.2, 0) is 71.7 Å². The number of hydrogen-bond donors (Lipinski definition) is 8. The number of sulfone groups is 2. The van der Waals surface area contributed by atoms with Gasteiger partial charge in [0, 0.05) is 77.0 Å². The van der Waals surface area contributed by atoms with Crippen LogP contribution >= 0.6 is 0 Å². The minimum Gasteiger partial charge on any atom is -0.356 e. The molecule has 0 atom stereocenters. The van der Waals surface area contributed by atoms with Gasteiger partial charge in [0.2, 0.25) is 23.6 Å². The summed E-state index contributed by atoms with van der Waals surface area (Å²) < 4.78 is 105. The Hall–Kier alpha value is -9.85. The highest BCUT2D eigenvalue weighted by Gasteiger charge is 2.31. The van der Waals surface area contributed by atoms with Gasteiger partial charge in [-0.15, -0.1) is 0 Å². The maximum absolute atomic E-state index is 12.9. The van der Waals surface area contributed by atoms with Gasteiger partial charge >= 0.3 is 18.1 Å². The van der Waals surface area contributed by atoms with E-state index in [1.54, 1.807) is 61.5 Å². The van der Waals surface area contributed by atoms with Crippen molar-refractivity contribution < 1.29 is 67.2 Å². The summed E-state index contributed by atoms with van der Waals surface area (Å²) in [5, 5.41) is 16.4. The minimum atomic E-state index is -3.99. The summed E-state index contributed by atoms with van der Waals surface area (Å²) in [7, 11) is -15.6. The normalized spacial score (nSPS) is 11.2. The SMILES string of the molecule is C=Cc1ccc(S(=O)(=O)NC(=O)NCCC(C)C)cc1.CC(=O)NCCC(C)C.CCC(=O)NCCC(C)C.CCCC(C)C.CCc1nc2c(C)nc(C)cc2n1-c1ccc(CCNC(=O)NCCC(C)C)cc1.Cc1ccc(S(=O)(=O)CC(=O)N(CCC(C)C)C(=O)CS(=O)(=O)c2ccc(C)cc2)cc1.Cc1ccc(S(=O)(=O)NC(=O)NCCC(C)C)cc1. The number of aryl methyl sites for hydroxylation is 6. The second kappa shape index (κ2) is 59.2. The standard InChI is InChI=1S/C24H33N5O.C23H29NO6S2.C14H20N2O3S.C13H20N2O3S.C8H17NO.C7H15NO.C6H14/c1-6-22-28-23-18(5)27-17(4)15-21(23)29(22)20-9-7-19(8-10-20)12-14-26-24(30)25-13-11-16(2)3;1-17(2)13-14-24(22(25)15-31(27,28)20-9-5-18(3)6-10-20)23(26)16-32(29,30)21-11-7-19(4)8-12-21;1-4-12-5-7-13(8-6-12)20(18,19)16-14(17)15-10-9-11(2)3;1-10(2)8-9-14-13(16)15-19(17,18)12-6-4-11(3)5-7-12;1-4-8(10)9-6-5-7(2)3;1-6(2)4-5-8-7(3)9;1-4-5-6(2)3/h7-10,15-16H,6,11-14H2,1-5H3,(H2,25,26,30);5-12,17H,13-16H2,1-4H3;4-8,11H,1,9-10H2,2-3H3,(H2,15,16,17);4-7,10H,8-9H2,1-3H3,(H2,14,15,16);7H,4-6H2,1-3H3,(H,9,10);6H,4-5H2,1-3H3,(H,8,9);6H,4-5H2,1-3H3. The molecule has 0 radical (unpaired) electrons. The second-order valence-electron chi connectivity index (χ2n) is 33.9. The Morgan fingerprint density at radius 1 is 0.429 bits per heavy atom. The molecule has 0 fully saturated rings. The molecule has 0 aliphatic rings. The van der Waals surface area contributed by atoms with Crippen molar-refractivity contribution in [2.24, 2.45) is 41.4 Å². The van der Waals surface area contributed by atoms with Crippen LogP contribution in [0.25, 0.3) is 22.8 Å². The Kier molecular flexibility index (Phi) is 53.7. The molecule has 702 valence electrons. The number of imide groups is 1. The lowest BCUT2D eigenvalue weighted by Crippen LogP contribution is -2.44. The Morgan fingerprint density at radius 2 is 0.786 bits per heavy atom. The number of imidazole rings is 1. The number of amides is 10. The fourth-order valence-corrected chi connectivity index (χ4v) is 15.4. The molecule has 0 saturated carbocycles. The van der Waals surface area contributed by atoms with Gasteiger partial charge in [0.15, 0.2) is 19.7 Å². The van der Waals surface area contributed by atoms with Crippen molar-refractivity contribution >= 4 is 98.6 Å². The predicted octanol–water partition coefficient (Wildman–Crippen LogP) is 17.0. The van der Waals surface area contributed by atoms with E-state index in [0.29, 0.717) is 68.6 Å². The molecular weight excluding hydrogens is 1680 g/mol. The summed E-state index contributed by atoms with van der Waals surface area (Å²) in [5.41, 5.74) is 9.83. The van der Waals surface area contributed by atoms with Crippen LogP contribution in [0.1, 0.15) is 227 Å². The Bertz CT molecular complexity index is 4850. The molecule has 5 aromatic carbocycles. The summed E-state index contributed by atoms with van der Waals surface area (Å²) in [6, 6.07) is 33.6. The van der Waals surface area contributed by atoms with Gasteiger partial charge in [-0.05, 0) is 199 Å². The fraction of sp³-hybridized carbons (Fsp3) is 0.526. The monoisotopic (exact) mass is 1830 g/mol. The van der Waals surface area contributed by atoms with Crippen molar-refractivity contribution in [1.82, 2.24) is 60.8 Å². The number of sulfonamides is 2. The van der Waals surface area contributed by atoms with Crippen molar-refractivity contribution in [3.05, 3.63) is 179 Å². The minimum absolute atomic E-state index is 0.0278. The number of nitrogens with one attached hydrogen (secondary N) is 8. The van der Waals surface area contributed by atoms with Crippen molar-refractivity contribution in [1.29, 1.82) is 0 Å². The van der Waals surface area contributed by atoms with Gasteiger partial charge in [-0.2, -0.15) is 0 Å². The summed E-state index contributed by atoms with van der Waals surface area (Å²) in [4.78, 5) is 91.7. The third-order valence-corrected chi connectivity index (χ3v) is 24.6. The molecule has 126 heavy (non-hydrogen) atoms. The first kappa shape index (κ1) is 114. The number of hydrogen-bond acceptors (Lipinski definition) is 17. The molecule has 2 heterocycles. The largest absolute Gasteiger partial charge is 0.356 e. The van der Waals surface area contributed by atoms with Crippen LogP contribution in [-0.4, -0.2) is 152 Å². The van der Waals surface area contributed by atoms with Crippen LogP contribution in [0.3, 0.4) is 0 Å². The molecule has 8 N–H and O–H groups in total. The van der Waals surface area contributed by atoms with Gasteiger partial charge in [-0.1, -0.05) is 221 Å². The molecule has 7 rings (SSSR count). The lowest BCUT2D eigenvalue weighted by atomic mass is 10.1. The van der Waals surface area contributed by atoms with E-state index < -0.39 is 75.1 Å². The van der Waals surface area contributed by atoms with Crippen molar-refractivity contribution in [3.63, 3.8) is 0 Å². The smallest absolute Gasteiger partial charge is 0.328 e. The zero-order valence-electron chi connectivity index (χ0n) is 79.1. The van der Waals surface area contributed by atoms with Crippen LogP contribution in [0.15, 0.2) is 154 Å². The maximum atomic E-state index is 12.9. The van der Waals surface area contributed by atoms with Crippen molar-refractivity contribution in [2.75, 3.05) is 57.3 Å². The van der Waals surface area contributed by atoms with Crippen molar-refractivity contribution in [3.8, 4) is 5.69 Å². The third kappa shape index (κ3) is 48.2. The second-order valence-corrected chi connectivity index (χ2v) is 41.2. The van der Waals surface area contributed by atoms with Gasteiger partial charge in [0.25, 0.3) is 20.0 Å². The summed E-state index contributed by atoms with van der Waals surface area (Å²) >= 11 is 0. The van der Waals surface area contributed by atoms with E-state index in [1.165, 1.54) is 66.9 Å². The van der Waals surface area contributed by atoms with E-state index in [1.807, 2.05) is 92.5 Å². The first-order valence-electron chi connectivity index (χ1n) is 43.7. The summed E-state index contributed by atoms with van der Waals surface area (Å²) in [5.74, 6) is 1.43. The van der Waals surface area contributed by atoms with Gasteiger partial charge in [0.05, 0.1) is 30.8 Å². The number of pyridine rings is 1. The van der Waals surface area contributed by atoms with E-state index in [9.17, 15) is 67.2 Å². The van der Waals surface area contributed by atoms with Gasteiger partial charge in [-0.25, -0.2) is 62.5 Å². The molecule has 0 unspecified atom stereocenters. The highest BCUT2D eigenvalue weighted by Crippen LogP contribution is 2.26. The van der Waals surface area contributed by atoms with Crippen LogP contribution in [0.2, 0.25) is 0 Å². The fourth-order valence-electron chi connectivity index (χ4n) is 11.2. The average molecular weight is 1830 g/mol. The number of benzene rings is 5. The summed E-state index contributed by atoms with van der Waals surface area (Å²) in [6.07, 6.45) is 11.7. The van der Waals surface area contributed by atoms with E-state index >= 15 is 0 Å². The molecule has 31 heteroatoms. The van der Waals surface area contributed by atoms with Crippen LogP contribution < -0.4 is 41.3 Å². The zero-order chi connectivity index (χ0) is 95.7. The number of fused-ring (bicyclic) bond motifs is 1. The molecule has 0 spiro atoms. The quantitative estimate of drug-likeness (QED) is 0.0179. The lowest BCUT2D eigenvalue weighted by Gasteiger charge is -2.22. The molecule has 0 saturated heterocycles. The molecule has 2 aromatic heterocycles. The highest BCUT2D eigenvalue weighted by molar-refractivity contribution is 7.92. The lowest BCUT2D eigenvalue weighted by molar-refractivity contribution is -0.141. The average Bonchev–Trinajstić information content (AvgIpc) is 1.61. The van der Waals surface area contributed by atoms with Gasteiger partial charge < -0.3 is 31.9 Å². The van der Waals surface area contributed by atoms with Crippen LogP contribution in [0.5, 0.6) is 0 Å². The number of urea groups is 3. The van der Waals surface area contributed by atoms with E-state index in [4.69, 9.17) is 4.98 Å². The van der Waals surface area contributed by atoms with Crippen LogP contribution in [0, 0.1) is 76.0 Å². The van der Waals surface area contributed by atoms with E-state index in [-0.39, 0.29) is 49.9 Å². The molecule has 0 aliphatic carbocycles. The number of aromatic nitrogens is 3. The van der Waals surface area contributed by atoms with Crippen molar-refractivity contribution in [2.45, 2.75) is 249 Å². The number of carbonyl (C=O) groups excluding carboxylic acids is 7. The van der Waals surface area contributed by atoms with Gasteiger partial charge in [-0.3, -0.25) is 33.6 Å². The first-order valence-corrected chi connectivity index (χ1v) is 50.0.